The van der Waals surface area contributed by atoms with Crippen LogP contribution in [0.3, 0.4) is 0 Å². The Kier molecular flexibility index (Phi) is 59.6. The van der Waals surface area contributed by atoms with Crippen LogP contribution in [0.2, 0.25) is 0 Å². The number of aldehydes is 1. The first kappa shape index (κ1) is 90.3. The Labute approximate surface area is 522 Å². The van der Waals surface area contributed by atoms with Gasteiger partial charge in [-0.05, 0) is 172 Å². The summed E-state index contributed by atoms with van der Waals surface area (Å²) in [6.45, 7) is 20.7. The fourth-order valence-electron chi connectivity index (χ4n) is 5.38. The molecule has 0 radical (unpaired) electrons. The minimum absolute atomic E-state index is 0. The van der Waals surface area contributed by atoms with Gasteiger partial charge in [0.05, 0.1) is 24.7 Å². The van der Waals surface area contributed by atoms with Crippen LogP contribution in [0.1, 0.15) is 102 Å². The third kappa shape index (κ3) is 37.7. The summed E-state index contributed by atoms with van der Waals surface area (Å²) in [6.07, 6.45) is 11.6. The molecule has 1 heterocycles. The summed E-state index contributed by atoms with van der Waals surface area (Å²) in [5.74, 6) is 1.15. The Bertz CT molecular complexity index is 2130. The van der Waals surface area contributed by atoms with Crippen molar-refractivity contribution in [1.29, 1.82) is 0 Å². The lowest BCUT2D eigenvalue weighted by Gasteiger charge is -2.51. The van der Waals surface area contributed by atoms with Crippen molar-refractivity contribution >= 4 is 253 Å². The van der Waals surface area contributed by atoms with Crippen LogP contribution < -0.4 is 0 Å². The third-order valence-electron chi connectivity index (χ3n) is 10.3. The second-order valence-electron chi connectivity index (χ2n) is 16.3. The molecule has 0 bridgehead atoms. The van der Waals surface area contributed by atoms with Gasteiger partial charge in [-0.3, -0.25) is 0 Å². The first-order chi connectivity index (χ1) is 35.8. The predicted molar refractivity (Wildman–Crippen MR) is 436 cm³/mol. The molecule has 2 aromatic rings. The fraction of sp³-hybridized carbons (Fsp3) is 0.579. The number of allylic oxidation sites excluding steroid dienone is 4. The molecule has 1 aromatic heterocycles. The summed E-state index contributed by atoms with van der Waals surface area (Å²) < 4.78 is 35.8. The minimum Gasteiger partial charge on any atom is -0.463 e. The van der Waals surface area contributed by atoms with Crippen LogP contribution in [0.4, 0.5) is 0 Å². The molecule has 0 saturated heterocycles. The number of benzene rings is 1. The van der Waals surface area contributed by atoms with Crippen molar-refractivity contribution in [3.63, 3.8) is 0 Å². The van der Waals surface area contributed by atoms with Gasteiger partial charge < -0.3 is 14.3 Å². The van der Waals surface area contributed by atoms with E-state index >= 15 is 0 Å². The van der Waals surface area contributed by atoms with E-state index in [1.54, 1.807) is 44.2 Å². The van der Waals surface area contributed by atoms with Gasteiger partial charge in [0.2, 0.25) is 9.84 Å². The molecule has 2 rings (SSSR count). The third-order valence-corrected chi connectivity index (χ3v) is 196. The molecule has 0 saturated carbocycles. The van der Waals surface area contributed by atoms with Gasteiger partial charge in [-0.15, -0.1) is 134 Å². The van der Waals surface area contributed by atoms with Crippen molar-refractivity contribution in [2.45, 2.75) is 108 Å². The molecule has 1 aromatic carbocycles. The molecule has 0 spiro atoms. The highest BCUT2D eigenvalue weighted by molar-refractivity contribution is 9.42. The zero-order chi connectivity index (χ0) is 59.9. The second kappa shape index (κ2) is 51.5. The molecule has 78 heavy (non-hydrogen) atoms. The zero-order valence-electron chi connectivity index (χ0n) is 45.6. The van der Waals surface area contributed by atoms with E-state index in [2.05, 4.69) is 196 Å². The van der Waals surface area contributed by atoms with E-state index in [1.807, 2.05) is 26.8 Å². The lowest BCUT2D eigenvalue weighted by molar-refractivity contribution is -0.138. The van der Waals surface area contributed by atoms with Gasteiger partial charge in [-0.1, -0.05) is 108 Å². The zero-order valence-corrected chi connectivity index (χ0v) is 75.3. The van der Waals surface area contributed by atoms with Gasteiger partial charge in [0.25, 0.3) is 5.16 Å². The van der Waals surface area contributed by atoms with Crippen molar-refractivity contribution in [1.82, 2.24) is 20.2 Å². The van der Waals surface area contributed by atoms with Crippen molar-refractivity contribution in [3.05, 3.63) is 65.8 Å². The van der Waals surface area contributed by atoms with E-state index in [1.165, 1.54) is 17.2 Å². The van der Waals surface area contributed by atoms with Crippen LogP contribution >= 0.6 is 225 Å². The summed E-state index contributed by atoms with van der Waals surface area (Å²) in [5, 5.41) is 10.6. The number of carbonyl (C=O) groups is 3. The maximum atomic E-state index is 12.5. The van der Waals surface area contributed by atoms with E-state index in [4.69, 9.17) is 9.47 Å². The minimum atomic E-state index is -3.70. The quantitative estimate of drug-likeness (QED) is 0.0253. The number of hydrogen-bond acceptors (Lipinski definition) is 10. The number of sulfone groups is 1. The smallest absolute Gasteiger partial charge is 0.330 e. The van der Waals surface area contributed by atoms with Crippen molar-refractivity contribution in [2.24, 2.45) is 23.7 Å². The number of rotatable bonds is 29. The topological polar surface area (TPSA) is 147 Å². The number of hydrogen-bond donors (Lipinski definition) is 0. The Hall–Kier alpha value is 8.11. The SMILES string of the molecule is C.CCOC(=O)/C=C(\C)C/C=C/[C@H](C)[C@@H](C)CC.CCOC(=O)/C=C(\C)CCS(=O)(=O)c1nnnn1-c1ccccc1.CC[C@H](C)[C@@H](C)C=O.PP(P)P(P)P(P(P(P)P)P(P)P)P(P(P(P)P)P(P)P)P(P(P)P)P(P)P. The molecule has 21 atom stereocenters. The molecule has 452 valence electrons. The highest BCUT2D eigenvalue weighted by atomic mass is 33.5. The first-order valence-electron chi connectivity index (χ1n) is 23.3. The molecule has 0 fully saturated rings. The molecule has 0 N–H and O–H groups in total. The van der Waals surface area contributed by atoms with Gasteiger partial charge in [0.15, 0.2) is 0 Å². The lowest BCUT2D eigenvalue weighted by Crippen LogP contribution is -2.14. The number of para-hydroxylation sites is 1. The molecule has 11 nitrogen and oxygen atoms in total. The molecule has 40 heteroatoms. The van der Waals surface area contributed by atoms with Crippen LogP contribution in [0.15, 0.2) is 70.9 Å². The van der Waals surface area contributed by atoms with E-state index in [0.717, 1.165) is 24.7 Å². The summed E-state index contributed by atoms with van der Waals surface area (Å²) >= 11 is 0. The number of nitrogens with zero attached hydrogens (tertiary/aromatic N) is 4. The van der Waals surface area contributed by atoms with Crippen molar-refractivity contribution in [3.8, 4) is 5.69 Å². The van der Waals surface area contributed by atoms with Gasteiger partial charge in [-0.2, -0.15) is 4.68 Å². The Balaban J connectivity index is -0.00000102. The van der Waals surface area contributed by atoms with Crippen LogP contribution in [-0.2, 0) is 33.7 Å². The maximum absolute atomic E-state index is 12.5. The van der Waals surface area contributed by atoms with Crippen LogP contribution in [0.25, 0.3) is 5.69 Å². The van der Waals surface area contributed by atoms with Crippen LogP contribution in [0, 0.1) is 23.7 Å². The molecular weight excluding hydrogens is 1520 g/mol. The van der Waals surface area contributed by atoms with Gasteiger partial charge in [-0.25, -0.2) is 18.0 Å². The second-order valence-corrected chi connectivity index (χ2v) is 131. The summed E-state index contributed by atoms with van der Waals surface area (Å²) in [7, 11) is 45.3. The monoisotopic (exact) mass is 1620 g/mol. The summed E-state index contributed by atoms with van der Waals surface area (Å²) in [6, 6.07) is 8.76. The van der Waals surface area contributed by atoms with Crippen LogP contribution in [-0.4, -0.2) is 65.8 Å². The number of carbonyl (C=O) groups excluding carboxylic acids is 3. The van der Waals surface area contributed by atoms with E-state index in [-0.39, 0.29) is 134 Å². The summed E-state index contributed by atoms with van der Waals surface area (Å²) in [5.41, 5.74) is 2.20. The van der Waals surface area contributed by atoms with Crippen molar-refractivity contribution < 1.29 is 32.3 Å². The Morgan fingerprint density at radius 3 is 1.40 bits per heavy atom. The Morgan fingerprint density at radius 1 is 0.615 bits per heavy atom. The average Bonchev–Trinajstić information content (AvgIpc) is 3.86. The highest BCUT2D eigenvalue weighted by Crippen LogP contribution is 3.37. The van der Waals surface area contributed by atoms with Gasteiger partial charge >= 0.3 is 11.9 Å². The standard InChI is InChI=1S/C15H18N4O4S.C15H26O2.C7H14O.CH4.H30P28/c1-3-23-14(20)11-12(2)9-10-24(21,22)15-16-17-18-19(15)13-7-5-4-6-8-13;1-6-13(4)14(5)10-8-9-12(3)11-15(16)17-7-2;1-4-6(2)7(3)5-8;;1-16(2)23(15)27(24(17(3)4)18(5)6)28(25(19(7)8)20(9)10)26(21(11)12)22(13)14/h4-8,11H,3,9-10H2,1-2H3;8,10-11,13-14H,6-7,9H2,1-5H3;5-7H,4H2,1-3H3;1H4;1-15H2/b12-11+;10-8+,12-11+;;;/t;13-,14-;6-,7-;;/m.00../s1. The van der Waals surface area contributed by atoms with E-state index in [0.29, 0.717) is 35.6 Å². The molecule has 0 aliphatic rings. The molecule has 17 unspecified atom stereocenters. The number of ether oxygens (including phenoxy) is 2. The normalized spacial score (nSPS) is 14.8. The number of esters is 2. The molecule has 0 aliphatic carbocycles. The summed E-state index contributed by atoms with van der Waals surface area (Å²) in [4.78, 5) is 32.6. The number of tetrazole rings is 1. The average molecular weight is 1620 g/mol. The van der Waals surface area contributed by atoms with Gasteiger partial charge in [0.1, 0.15) is 6.29 Å². The maximum Gasteiger partial charge on any atom is 0.330 e. The van der Waals surface area contributed by atoms with Gasteiger partial charge in [0, 0.05) is 18.1 Å². The lowest BCUT2D eigenvalue weighted by atomic mass is 9.93. The van der Waals surface area contributed by atoms with E-state index in [9.17, 15) is 22.8 Å². The number of aromatic nitrogens is 4. The highest BCUT2D eigenvalue weighted by Gasteiger charge is 2.49. The molecular formula is C38H92N4O7P28S. The predicted octanol–water partition coefficient (Wildman–Crippen LogP) is 24.0. The van der Waals surface area contributed by atoms with E-state index < -0.39 is 15.8 Å². The largest absolute Gasteiger partial charge is 0.463 e. The first-order valence-corrected chi connectivity index (χ1v) is 75.1. The molecule has 0 amide bonds. The fourth-order valence-corrected chi connectivity index (χ4v) is 359. The van der Waals surface area contributed by atoms with Crippen molar-refractivity contribution in [2.75, 3.05) is 19.0 Å². The Morgan fingerprint density at radius 2 is 1.03 bits per heavy atom. The molecule has 0 aliphatic heterocycles. The van der Waals surface area contributed by atoms with Crippen LogP contribution in [0.5, 0.6) is 0 Å².